The van der Waals surface area contributed by atoms with Crippen molar-refractivity contribution in [1.82, 2.24) is 15.2 Å². The van der Waals surface area contributed by atoms with Crippen LogP contribution >= 0.6 is 11.3 Å². The van der Waals surface area contributed by atoms with Crippen molar-refractivity contribution in [1.29, 1.82) is 0 Å². The van der Waals surface area contributed by atoms with E-state index in [2.05, 4.69) is 15.0 Å². The Kier molecular flexibility index (Phi) is 7.53. The summed E-state index contributed by atoms with van der Waals surface area (Å²) in [6.07, 6.45) is -4.74. The molecular weight excluding hydrogens is 427 g/mol. The van der Waals surface area contributed by atoms with Crippen LogP contribution in [0.3, 0.4) is 0 Å². The van der Waals surface area contributed by atoms with Crippen molar-refractivity contribution in [2.75, 3.05) is 34.3 Å². The number of benzene rings is 2. The van der Waals surface area contributed by atoms with Gasteiger partial charge in [-0.3, -0.25) is 4.90 Å². The van der Waals surface area contributed by atoms with Crippen LogP contribution in [0, 0.1) is 0 Å². The Morgan fingerprint density at radius 3 is 2.45 bits per heavy atom. The molecule has 5 nitrogen and oxygen atoms in total. The molecule has 166 valence electrons. The molecule has 0 unspecified atom stereocenters. The van der Waals surface area contributed by atoms with Crippen LogP contribution in [-0.2, 0) is 6.54 Å². The van der Waals surface area contributed by atoms with Gasteiger partial charge >= 0.3 is 6.36 Å². The Balaban J connectivity index is 1.97. The third-order valence-electron chi connectivity index (χ3n) is 4.53. The van der Waals surface area contributed by atoms with Crippen LogP contribution in [0.4, 0.5) is 13.2 Å². The number of rotatable bonds is 9. The maximum Gasteiger partial charge on any atom is 0.573 e. The van der Waals surface area contributed by atoms with Gasteiger partial charge in [0.2, 0.25) is 0 Å². The molecule has 2 aromatic carbocycles. The molecule has 0 aliphatic heterocycles. The van der Waals surface area contributed by atoms with Gasteiger partial charge in [0.1, 0.15) is 16.5 Å². The molecule has 31 heavy (non-hydrogen) atoms. The number of aromatic nitrogens is 1. The second kappa shape index (κ2) is 10.1. The quantitative estimate of drug-likeness (QED) is 0.494. The minimum atomic E-state index is -4.74. The molecule has 1 N–H and O–H groups in total. The van der Waals surface area contributed by atoms with Crippen molar-refractivity contribution in [2.24, 2.45) is 0 Å². The molecule has 3 rings (SSSR count). The Hall–Kier alpha value is -2.62. The summed E-state index contributed by atoms with van der Waals surface area (Å²) in [4.78, 5) is 7.97. The number of methoxy groups -OCH3 is 1. The summed E-state index contributed by atoms with van der Waals surface area (Å²) in [7, 11) is 5.53. The Labute approximate surface area is 183 Å². The molecule has 3 aromatic rings. The first-order valence-corrected chi connectivity index (χ1v) is 10.4. The number of hydrogen-bond acceptors (Lipinski definition) is 6. The van der Waals surface area contributed by atoms with Crippen LogP contribution in [0.5, 0.6) is 11.5 Å². The van der Waals surface area contributed by atoms with Crippen LogP contribution < -0.4 is 14.8 Å². The van der Waals surface area contributed by atoms with E-state index < -0.39 is 6.36 Å². The van der Waals surface area contributed by atoms with E-state index in [1.165, 1.54) is 29.5 Å². The highest BCUT2D eigenvalue weighted by Crippen LogP contribution is 2.36. The maximum atomic E-state index is 12.6. The van der Waals surface area contributed by atoms with E-state index in [0.717, 1.165) is 35.0 Å². The molecule has 0 fully saturated rings. The number of thiazole rings is 1. The fraction of sp³-hybridized carbons (Fsp3) is 0.318. The van der Waals surface area contributed by atoms with Gasteiger partial charge < -0.3 is 14.8 Å². The number of nitrogens with zero attached hydrogens (tertiary/aromatic N) is 2. The highest BCUT2D eigenvalue weighted by Gasteiger charge is 2.31. The molecule has 0 saturated carbocycles. The normalized spacial score (nSPS) is 11.7. The third-order valence-corrected chi connectivity index (χ3v) is 5.62. The minimum absolute atomic E-state index is 0.265. The predicted molar refractivity (Wildman–Crippen MR) is 116 cm³/mol. The summed E-state index contributed by atoms with van der Waals surface area (Å²) < 4.78 is 47.1. The molecule has 1 heterocycles. The molecule has 0 saturated heterocycles. The van der Waals surface area contributed by atoms with Crippen LogP contribution in [0.25, 0.3) is 21.8 Å². The van der Waals surface area contributed by atoms with Gasteiger partial charge in [-0.15, -0.1) is 24.5 Å². The van der Waals surface area contributed by atoms with E-state index in [4.69, 9.17) is 9.72 Å². The summed E-state index contributed by atoms with van der Waals surface area (Å²) in [5, 5.41) is 3.76. The van der Waals surface area contributed by atoms with E-state index in [1.807, 2.05) is 38.4 Å². The molecule has 0 spiro atoms. The smallest absolute Gasteiger partial charge is 0.497 e. The highest BCUT2D eigenvalue weighted by molar-refractivity contribution is 7.15. The Morgan fingerprint density at radius 1 is 1.06 bits per heavy atom. The lowest BCUT2D eigenvalue weighted by Gasteiger charge is -2.16. The molecule has 0 aliphatic rings. The zero-order valence-corrected chi connectivity index (χ0v) is 18.3. The van der Waals surface area contributed by atoms with Crippen LogP contribution in [-0.4, -0.2) is 50.5 Å². The van der Waals surface area contributed by atoms with Crippen molar-refractivity contribution in [2.45, 2.75) is 12.9 Å². The Bertz CT molecular complexity index is 990. The van der Waals surface area contributed by atoms with Gasteiger partial charge in [-0.25, -0.2) is 4.98 Å². The minimum Gasteiger partial charge on any atom is -0.497 e. The number of nitrogens with one attached hydrogen (secondary N) is 1. The van der Waals surface area contributed by atoms with Crippen molar-refractivity contribution in [3.63, 3.8) is 0 Å². The monoisotopic (exact) mass is 451 g/mol. The largest absolute Gasteiger partial charge is 0.573 e. The number of hydrogen-bond donors (Lipinski definition) is 1. The first kappa shape index (κ1) is 23.1. The molecule has 9 heteroatoms. The molecule has 0 bridgehead atoms. The van der Waals surface area contributed by atoms with Crippen LogP contribution in [0.15, 0.2) is 48.5 Å². The van der Waals surface area contributed by atoms with Crippen LogP contribution in [0.2, 0.25) is 0 Å². The second-order valence-corrected chi connectivity index (χ2v) is 8.02. The zero-order valence-electron chi connectivity index (χ0n) is 17.5. The summed E-state index contributed by atoms with van der Waals surface area (Å²) in [6.45, 7) is 2.36. The lowest BCUT2D eigenvalue weighted by atomic mass is 10.1. The SMILES string of the molecule is CNCCN(C)Cc1sc(-c2cccc(OC(F)(F)F)c2)nc1-c1ccc(OC)cc1. The summed E-state index contributed by atoms with van der Waals surface area (Å²) in [5.74, 6) is 0.475. The van der Waals surface area contributed by atoms with Gasteiger partial charge in [-0.1, -0.05) is 12.1 Å². The molecular formula is C22H24F3N3O2S. The van der Waals surface area contributed by atoms with E-state index in [-0.39, 0.29) is 5.75 Å². The second-order valence-electron chi connectivity index (χ2n) is 6.94. The van der Waals surface area contributed by atoms with E-state index in [9.17, 15) is 13.2 Å². The summed E-state index contributed by atoms with van der Waals surface area (Å²) in [5.41, 5.74) is 2.30. The van der Waals surface area contributed by atoms with Crippen molar-refractivity contribution < 1.29 is 22.6 Å². The molecule has 0 amide bonds. The van der Waals surface area contributed by atoms with Crippen LogP contribution in [0.1, 0.15) is 4.88 Å². The summed E-state index contributed by atoms with van der Waals surface area (Å²) in [6, 6.07) is 13.5. The Morgan fingerprint density at radius 2 is 1.81 bits per heavy atom. The van der Waals surface area contributed by atoms with E-state index >= 15 is 0 Å². The average Bonchev–Trinajstić information content (AvgIpc) is 3.15. The van der Waals surface area contributed by atoms with Gasteiger partial charge in [-0.05, 0) is 50.5 Å². The number of alkyl halides is 3. The zero-order chi connectivity index (χ0) is 22.4. The number of halogens is 3. The number of likely N-dealkylation sites (N-methyl/N-ethyl adjacent to an activating group) is 2. The fourth-order valence-electron chi connectivity index (χ4n) is 3.01. The molecule has 0 aliphatic carbocycles. The van der Waals surface area contributed by atoms with Gasteiger partial charge in [0, 0.05) is 35.6 Å². The van der Waals surface area contributed by atoms with Gasteiger partial charge in [-0.2, -0.15) is 0 Å². The lowest BCUT2D eigenvalue weighted by molar-refractivity contribution is -0.274. The maximum absolute atomic E-state index is 12.6. The predicted octanol–water partition coefficient (Wildman–Crippen LogP) is 5.04. The fourth-order valence-corrected chi connectivity index (χ4v) is 4.17. The highest BCUT2D eigenvalue weighted by atomic mass is 32.1. The van der Waals surface area contributed by atoms with Gasteiger partial charge in [0.15, 0.2) is 0 Å². The number of ether oxygens (including phenoxy) is 2. The molecule has 0 radical (unpaired) electrons. The lowest BCUT2D eigenvalue weighted by Crippen LogP contribution is -2.26. The summed E-state index contributed by atoms with van der Waals surface area (Å²) >= 11 is 1.46. The standard InChI is InChI=1S/C22H24F3N3O2S/c1-26-11-12-28(2)14-19-20(15-7-9-17(29-3)10-8-15)27-21(31-19)16-5-4-6-18(13-16)30-22(23,24)25/h4-10,13,26H,11-12,14H2,1-3H3. The molecule has 0 atom stereocenters. The molecule has 1 aromatic heterocycles. The topological polar surface area (TPSA) is 46.6 Å². The van der Waals surface area contributed by atoms with Gasteiger partial charge in [0.25, 0.3) is 0 Å². The van der Waals surface area contributed by atoms with E-state index in [0.29, 0.717) is 17.1 Å². The first-order chi connectivity index (χ1) is 14.8. The van der Waals surface area contributed by atoms with Crippen molar-refractivity contribution >= 4 is 11.3 Å². The van der Waals surface area contributed by atoms with Crippen molar-refractivity contribution in [3.8, 4) is 33.3 Å². The first-order valence-electron chi connectivity index (χ1n) is 9.62. The van der Waals surface area contributed by atoms with E-state index in [1.54, 1.807) is 13.2 Å². The van der Waals surface area contributed by atoms with Gasteiger partial charge in [0.05, 0.1) is 12.8 Å². The van der Waals surface area contributed by atoms with Crippen molar-refractivity contribution in [3.05, 3.63) is 53.4 Å². The third kappa shape index (κ3) is 6.43. The average molecular weight is 452 g/mol.